The van der Waals surface area contributed by atoms with Gasteiger partial charge in [-0.1, -0.05) is 11.6 Å². The maximum absolute atomic E-state index is 11.8. The number of aromatic amines is 1. The summed E-state index contributed by atoms with van der Waals surface area (Å²) in [5.41, 5.74) is -0.361. The van der Waals surface area contributed by atoms with Gasteiger partial charge >= 0.3 is 5.97 Å². The van der Waals surface area contributed by atoms with Gasteiger partial charge in [-0.05, 0) is 31.2 Å². The highest BCUT2D eigenvalue weighted by Gasteiger charge is 2.14. The third-order valence-corrected chi connectivity index (χ3v) is 3.11. The average molecular weight is 339 g/mol. The SMILES string of the molecule is CCOC(=O)CCn1[nH]c(=O)c(N=Nc2ccc(Cl)cc2)c1O. The van der Waals surface area contributed by atoms with Crippen LogP contribution < -0.4 is 5.56 Å². The lowest BCUT2D eigenvalue weighted by atomic mass is 10.3. The third-order valence-electron chi connectivity index (χ3n) is 2.86. The second-order valence-electron chi connectivity index (χ2n) is 4.50. The summed E-state index contributed by atoms with van der Waals surface area (Å²) < 4.78 is 5.90. The largest absolute Gasteiger partial charge is 0.492 e. The van der Waals surface area contributed by atoms with E-state index in [-0.39, 0.29) is 25.3 Å². The fraction of sp³-hybridized carbons (Fsp3) is 0.286. The summed E-state index contributed by atoms with van der Waals surface area (Å²) in [6.45, 7) is 2.03. The fourth-order valence-corrected chi connectivity index (χ4v) is 1.89. The molecule has 0 aliphatic rings. The number of ether oxygens (including phenoxy) is 1. The minimum atomic E-state index is -0.607. The molecule has 2 rings (SSSR count). The summed E-state index contributed by atoms with van der Waals surface area (Å²) in [6.07, 6.45) is 0.0137. The van der Waals surface area contributed by atoms with E-state index in [0.717, 1.165) is 4.68 Å². The van der Waals surface area contributed by atoms with E-state index in [1.54, 1.807) is 31.2 Å². The Balaban J connectivity index is 2.12. The van der Waals surface area contributed by atoms with Gasteiger partial charge in [0.2, 0.25) is 11.6 Å². The van der Waals surface area contributed by atoms with Gasteiger partial charge in [0, 0.05) is 5.02 Å². The molecule has 0 radical (unpaired) electrons. The summed E-state index contributed by atoms with van der Waals surface area (Å²) in [7, 11) is 0. The zero-order valence-corrected chi connectivity index (χ0v) is 13.1. The van der Waals surface area contributed by atoms with E-state index in [9.17, 15) is 14.7 Å². The molecule has 0 aliphatic carbocycles. The molecule has 0 saturated carbocycles. The molecule has 1 aromatic carbocycles. The quantitative estimate of drug-likeness (QED) is 0.623. The van der Waals surface area contributed by atoms with Gasteiger partial charge in [-0.25, -0.2) is 0 Å². The summed E-state index contributed by atoms with van der Waals surface area (Å²) in [5, 5.41) is 20.5. The van der Waals surface area contributed by atoms with Crippen LogP contribution in [0.1, 0.15) is 13.3 Å². The Morgan fingerprint density at radius 1 is 1.35 bits per heavy atom. The molecule has 0 aliphatic heterocycles. The number of rotatable bonds is 6. The van der Waals surface area contributed by atoms with Gasteiger partial charge in [-0.15, -0.1) is 5.11 Å². The molecule has 0 unspecified atom stereocenters. The number of nitrogens with one attached hydrogen (secondary N) is 1. The number of nitrogens with zero attached hydrogens (tertiary/aromatic N) is 3. The van der Waals surface area contributed by atoms with Crippen LogP contribution in [0.25, 0.3) is 0 Å². The molecule has 23 heavy (non-hydrogen) atoms. The fourth-order valence-electron chi connectivity index (χ4n) is 1.76. The molecule has 8 nitrogen and oxygen atoms in total. The van der Waals surface area contributed by atoms with Gasteiger partial charge < -0.3 is 9.84 Å². The highest BCUT2D eigenvalue weighted by Crippen LogP contribution is 2.24. The van der Waals surface area contributed by atoms with E-state index >= 15 is 0 Å². The molecule has 0 spiro atoms. The first-order valence-electron chi connectivity index (χ1n) is 6.86. The van der Waals surface area contributed by atoms with E-state index in [4.69, 9.17) is 16.3 Å². The number of aromatic nitrogens is 2. The van der Waals surface area contributed by atoms with Crippen LogP contribution in [-0.2, 0) is 16.1 Å². The molecule has 0 fully saturated rings. The number of carbonyl (C=O) groups excluding carboxylic acids is 1. The van der Waals surface area contributed by atoms with Gasteiger partial charge in [-0.3, -0.25) is 19.4 Å². The lowest BCUT2D eigenvalue weighted by molar-refractivity contribution is -0.143. The number of H-pyrrole nitrogens is 1. The first-order chi connectivity index (χ1) is 11.0. The lowest BCUT2D eigenvalue weighted by Gasteiger charge is -2.03. The second kappa shape index (κ2) is 7.59. The van der Waals surface area contributed by atoms with Crippen molar-refractivity contribution >= 4 is 28.9 Å². The van der Waals surface area contributed by atoms with Crippen LogP contribution in [0.3, 0.4) is 0 Å². The van der Waals surface area contributed by atoms with Crippen LogP contribution in [0.4, 0.5) is 11.4 Å². The standard InChI is InChI=1S/C14H15ClN4O4/c1-2-23-11(20)7-8-19-14(22)12(13(21)18-19)17-16-10-5-3-9(15)4-6-10/h3-6,22H,2,7-8H2,1H3,(H,18,21). The summed E-state index contributed by atoms with van der Waals surface area (Å²) in [4.78, 5) is 23.1. The third kappa shape index (κ3) is 4.43. The Bertz CT molecular complexity index is 764. The smallest absolute Gasteiger partial charge is 0.307 e. The van der Waals surface area contributed by atoms with Crippen molar-refractivity contribution in [3.8, 4) is 5.88 Å². The molecular weight excluding hydrogens is 324 g/mol. The zero-order valence-electron chi connectivity index (χ0n) is 12.3. The van der Waals surface area contributed by atoms with E-state index in [2.05, 4.69) is 15.3 Å². The second-order valence-corrected chi connectivity index (χ2v) is 4.93. The van der Waals surface area contributed by atoms with Crippen LogP contribution in [-0.4, -0.2) is 27.5 Å². The molecule has 0 amide bonds. The predicted molar refractivity (Wildman–Crippen MR) is 83.6 cm³/mol. The van der Waals surface area contributed by atoms with Crippen molar-refractivity contribution in [2.24, 2.45) is 10.2 Å². The highest BCUT2D eigenvalue weighted by atomic mass is 35.5. The monoisotopic (exact) mass is 338 g/mol. The molecule has 2 N–H and O–H groups in total. The van der Waals surface area contributed by atoms with Crippen LogP contribution in [0.5, 0.6) is 5.88 Å². The first kappa shape index (κ1) is 16.8. The van der Waals surface area contributed by atoms with Crippen LogP contribution in [0.15, 0.2) is 39.3 Å². The molecule has 0 atom stereocenters. The number of carbonyl (C=O) groups is 1. The van der Waals surface area contributed by atoms with E-state index in [0.29, 0.717) is 10.7 Å². The number of aromatic hydroxyl groups is 1. The Kier molecular flexibility index (Phi) is 5.53. The average Bonchev–Trinajstić information content (AvgIpc) is 2.79. The van der Waals surface area contributed by atoms with Crippen molar-refractivity contribution in [1.82, 2.24) is 9.78 Å². The zero-order chi connectivity index (χ0) is 16.8. The Morgan fingerprint density at radius 3 is 2.70 bits per heavy atom. The molecule has 2 aromatic rings. The minimum Gasteiger partial charge on any atom is -0.492 e. The number of hydrogen-bond acceptors (Lipinski definition) is 6. The maximum Gasteiger partial charge on any atom is 0.307 e. The molecule has 0 bridgehead atoms. The number of esters is 1. The van der Waals surface area contributed by atoms with E-state index < -0.39 is 17.4 Å². The molecular formula is C14H15ClN4O4. The van der Waals surface area contributed by atoms with Gasteiger partial charge in [0.1, 0.15) is 0 Å². The topological polar surface area (TPSA) is 109 Å². The molecule has 1 aromatic heterocycles. The Morgan fingerprint density at radius 2 is 2.04 bits per heavy atom. The van der Waals surface area contributed by atoms with Crippen LogP contribution in [0.2, 0.25) is 5.02 Å². The Hall–Kier alpha value is -2.61. The molecule has 9 heteroatoms. The van der Waals surface area contributed by atoms with Gasteiger partial charge in [0.05, 0.1) is 25.3 Å². The van der Waals surface area contributed by atoms with Crippen molar-refractivity contribution in [1.29, 1.82) is 0 Å². The van der Waals surface area contributed by atoms with Gasteiger partial charge in [-0.2, -0.15) is 5.11 Å². The van der Waals surface area contributed by atoms with Crippen LogP contribution in [0, 0.1) is 0 Å². The number of benzene rings is 1. The van der Waals surface area contributed by atoms with E-state index in [1.807, 2.05) is 0 Å². The molecule has 0 saturated heterocycles. The normalized spacial score (nSPS) is 11.0. The number of halogens is 1. The Labute approximate surface area is 136 Å². The summed E-state index contributed by atoms with van der Waals surface area (Å²) in [5.74, 6) is -0.817. The lowest BCUT2D eigenvalue weighted by Crippen LogP contribution is -2.11. The van der Waals surface area contributed by atoms with Crippen molar-refractivity contribution in [2.45, 2.75) is 19.9 Å². The molecule has 1 heterocycles. The van der Waals surface area contributed by atoms with Crippen molar-refractivity contribution in [3.63, 3.8) is 0 Å². The first-order valence-corrected chi connectivity index (χ1v) is 7.23. The number of azo groups is 1. The molecule has 122 valence electrons. The summed E-state index contributed by atoms with van der Waals surface area (Å²) in [6, 6.07) is 6.50. The van der Waals surface area contributed by atoms with Crippen molar-refractivity contribution < 1.29 is 14.6 Å². The van der Waals surface area contributed by atoms with Gasteiger partial charge in [0.15, 0.2) is 0 Å². The van der Waals surface area contributed by atoms with Crippen molar-refractivity contribution in [3.05, 3.63) is 39.6 Å². The number of aryl methyl sites for hydroxylation is 1. The van der Waals surface area contributed by atoms with Crippen molar-refractivity contribution in [2.75, 3.05) is 6.61 Å². The highest BCUT2D eigenvalue weighted by molar-refractivity contribution is 6.30. The number of hydrogen-bond donors (Lipinski definition) is 2. The van der Waals surface area contributed by atoms with E-state index in [1.165, 1.54) is 0 Å². The van der Waals surface area contributed by atoms with Crippen LogP contribution >= 0.6 is 11.6 Å². The van der Waals surface area contributed by atoms with Gasteiger partial charge in [0.25, 0.3) is 5.56 Å². The maximum atomic E-state index is 11.8. The summed E-state index contributed by atoms with van der Waals surface area (Å²) >= 11 is 5.76. The minimum absolute atomic E-state index is 0.0137. The predicted octanol–water partition coefficient (Wildman–Crippen LogP) is 2.90.